The highest BCUT2D eigenvalue weighted by atomic mass is 14.8. The van der Waals surface area contributed by atoms with Gasteiger partial charge in [0.25, 0.3) is 0 Å². The fraction of sp³-hybridized carbons (Fsp3) is 1.00. The average Bonchev–Trinajstić information content (AvgIpc) is 2.50. The van der Waals surface area contributed by atoms with Crippen molar-refractivity contribution < 1.29 is 0 Å². The first-order valence-electron chi connectivity index (χ1n) is 4.88. The van der Waals surface area contributed by atoms with E-state index in [1.807, 2.05) is 0 Å². The molecule has 0 aliphatic heterocycles. The molecule has 4 aliphatic rings. The van der Waals surface area contributed by atoms with Crippen molar-refractivity contribution in [3.8, 4) is 0 Å². The summed E-state index contributed by atoms with van der Waals surface area (Å²) in [5, 5.41) is 0. The number of rotatable bonds is 0. The highest BCUT2D eigenvalue weighted by Gasteiger charge is 2.72. The van der Waals surface area contributed by atoms with Crippen molar-refractivity contribution in [3.05, 3.63) is 0 Å². The van der Waals surface area contributed by atoms with Crippen LogP contribution in [0.1, 0.15) is 32.1 Å². The first kappa shape index (κ1) is 4.79. The summed E-state index contributed by atoms with van der Waals surface area (Å²) in [4.78, 5) is 0. The van der Waals surface area contributed by atoms with Crippen LogP contribution in [0.4, 0.5) is 0 Å². The molecular formula is C10H14. The van der Waals surface area contributed by atoms with Crippen LogP contribution >= 0.6 is 0 Å². The lowest BCUT2D eigenvalue weighted by molar-refractivity contribution is 0.0549. The van der Waals surface area contributed by atoms with E-state index in [0.29, 0.717) is 0 Å². The average molecular weight is 134 g/mol. The van der Waals surface area contributed by atoms with E-state index < -0.39 is 0 Å². The zero-order valence-corrected chi connectivity index (χ0v) is 6.34. The summed E-state index contributed by atoms with van der Waals surface area (Å²) in [6.07, 6.45) is 8.20. The normalized spacial score (nSPS) is 74.4. The van der Waals surface area contributed by atoms with Gasteiger partial charge in [-0.05, 0) is 61.2 Å². The summed E-state index contributed by atoms with van der Waals surface area (Å²) < 4.78 is 0. The molecule has 0 nitrogen and oxygen atoms in total. The molecule has 0 heterocycles. The predicted molar refractivity (Wildman–Crippen MR) is 39.5 cm³/mol. The van der Waals surface area contributed by atoms with Gasteiger partial charge in [-0.3, -0.25) is 0 Å². The van der Waals surface area contributed by atoms with E-state index in [4.69, 9.17) is 0 Å². The first-order valence-corrected chi connectivity index (χ1v) is 4.88. The Labute approximate surface area is 62.0 Å². The maximum absolute atomic E-state index is 1.65. The van der Waals surface area contributed by atoms with Gasteiger partial charge in [0.2, 0.25) is 0 Å². The molecule has 0 radical (unpaired) electrons. The second-order valence-corrected chi connectivity index (χ2v) is 5.28. The van der Waals surface area contributed by atoms with E-state index in [2.05, 4.69) is 0 Å². The second kappa shape index (κ2) is 1.09. The van der Waals surface area contributed by atoms with Gasteiger partial charge in [0.05, 0.1) is 0 Å². The summed E-state index contributed by atoms with van der Waals surface area (Å²) >= 11 is 0. The zero-order chi connectivity index (χ0) is 6.34. The topological polar surface area (TPSA) is 0 Å². The third-order valence-electron chi connectivity index (χ3n) is 5.07. The molecule has 0 heteroatoms. The predicted octanol–water partition coefficient (Wildman–Crippen LogP) is 2.44. The van der Waals surface area contributed by atoms with Crippen molar-refractivity contribution in [1.82, 2.24) is 0 Å². The van der Waals surface area contributed by atoms with E-state index in [-0.39, 0.29) is 0 Å². The van der Waals surface area contributed by atoms with Crippen molar-refractivity contribution in [3.63, 3.8) is 0 Å². The van der Waals surface area contributed by atoms with Crippen molar-refractivity contribution in [2.24, 2.45) is 29.1 Å². The molecule has 0 aromatic carbocycles. The maximum atomic E-state index is 1.65. The molecule has 1 spiro atoms. The van der Waals surface area contributed by atoms with Crippen LogP contribution in [-0.4, -0.2) is 0 Å². The monoisotopic (exact) mass is 134 g/mol. The molecule has 4 saturated carbocycles. The molecule has 4 rings (SSSR count). The van der Waals surface area contributed by atoms with Gasteiger partial charge in [0, 0.05) is 0 Å². The summed E-state index contributed by atoms with van der Waals surface area (Å²) in [5.74, 6) is 4.89. The minimum Gasteiger partial charge on any atom is -0.0473 e. The summed E-state index contributed by atoms with van der Waals surface area (Å²) in [7, 11) is 0. The maximum Gasteiger partial charge on any atom is -0.0232 e. The molecule has 10 heavy (non-hydrogen) atoms. The fourth-order valence-corrected chi connectivity index (χ4v) is 4.67. The fourth-order valence-electron chi connectivity index (χ4n) is 4.67. The van der Waals surface area contributed by atoms with Crippen LogP contribution in [0, 0.1) is 29.1 Å². The van der Waals surface area contributed by atoms with Crippen LogP contribution in [0.25, 0.3) is 0 Å². The number of hydrogen-bond donors (Lipinski definition) is 0. The summed E-state index contributed by atoms with van der Waals surface area (Å²) in [6, 6.07) is 0. The van der Waals surface area contributed by atoms with Gasteiger partial charge < -0.3 is 0 Å². The lowest BCUT2D eigenvalue weighted by Crippen LogP contribution is -2.36. The van der Waals surface area contributed by atoms with Gasteiger partial charge in [0.1, 0.15) is 0 Å². The van der Waals surface area contributed by atoms with Crippen molar-refractivity contribution in [2.45, 2.75) is 32.1 Å². The number of hydrogen-bond acceptors (Lipinski definition) is 0. The molecule has 5 atom stereocenters. The van der Waals surface area contributed by atoms with Gasteiger partial charge in [-0.25, -0.2) is 0 Å². The third kappa shape index (κ3) is 0.302. The van der Waals surface area contributed by atoms with Crippen LogP contribution < -0.4 is 0 Å². The highest BCUT2D eigenvalue weighted by molar-refractivity contribution is 5.21. The minimum absolute atomic E-state index is 0.998. The summed E-state index contributed by atoms with van der Waals surface area (Å²) in [5.41, 5.74) is 0.998. The minimum atomic E-state index is 0.998. The van der Waals surface area contributed by atoms with Crippen molar-refractivity contribution >= 4 is 0 Å². The molecular weight excluding hydrogens is 120 g/mol. The molecule has 54 valence electrons. The quantitative estimate of drug-likeness (QED) is 0.477. The standard InChI is InChI=1S/C10H14/c1-6-2-8-5-10(8)4-7(1)9(10)3-6/h6-9H,1-5H2. The van der Waals surface area contributed by atoms with Gasteiger partial charge in [-0.2, -0.15) is 0 Å². The molecule has 4 fully saturated rings. The lowest BCUT2D eigenvalue weighted by atomic mass is 9.61. The molecule has 0 aromatic heterocycles. The highest BCUT2D eigenvalue weighted by Crippen LogP contribution is 2.80. The Morgan fingerprint density at radius 3 is 3.00 bits per heavy atom. The lowest BCUT2D eigenvalue weighted by Gasteiger charge is -2.43. The smallest absolute Gasteiger partial charge is 0.0232 e. The van der Waals surface area contributed by atoms with Crippen molar-refractivity contribution in [2.75, 3.05) is 0 Å². The SMILES string of the molecule is C1C2CC3CC34CC1C4C2. The Morgan fingerprint density at radius 1 is 1.00 bits per heavy atom. The third-order valence-corrected chi connectivity index (χ3v) is 5.07. The Morgan fingerprint density at radius 2 is 2.00 bits per heavy atom. The van der Waals surface area contributed by atoms with Gasteiger partial charge in [0.15, 0.2) is 0 Å². The molecule has 0 amide bonds. The Hall–Kier alpha value is 0. The van der Waals surface area contributed by atoms with Crippen LogP contribution in [-0.2, 0) is 0 Å². The van der Waals surface area contributed by atoms with Crippen LogP contribution in [0.3, 0.4) is 0 Å². The number of fused-ring (bicyclic) bond motifs is 1. The molecule has 0 aromatic rings. The van der Waals surface area contributed by atoms with Gasteiger partial charge in [-0.1, -0.05) is 0 Å². The zero-order valence-electron chi connectivity index (χ0n) is 6.34. The molecule has 4 aliphatic carbocycles. The van der Waals surface area contributed by atoms with Crippen LogP contribution in [0.2, 0.25) is 0 Å². The van der Waals surface area contributed by atoms with E-state index in [1.54, 1.807) is 32.1 Å². The largest absolute Gasteiger partial charge is 0.0473 e. The van der Waals surface area contributed by atoms with E-state index in [1.165, 1.54) is 23.7 Å². The molecule has 0 N–H and O–H groups in total. The molecule has 0 saturated heterocycles. The Bertz CT molecular complexity index is 203. The van der Waals surface area contributed by atoms with E-state index in [0.717, 1.165) is 5.41 Å². The van der Waals surface area contributed by atoms with E-state index >= 15 is 0 Å². The Kier molecular flexibility index (Phi) is 0.522. The van der Waals surface area contributed by atoms with Crippen LogP contribution in [0.15, 0.2) is 0 Å². The molecule has 2 bridgehead atoms. The Balaban J connectivity index is 1.88. The second-order valence-electron chi connectivity index (χ2n) is 5.28. The molecule has 5 unspecified atom stereocenters. The van der Waals surface area contributed by atoms with Crippen LogP contribution in [0.5, 0.6) is 0 Å². The van der Waals surface area contributed by atoms with Crippen molar-refractivity contribution in [1.29, 1.82) is 0 Å². The van der Waals surface area contributed by atoms with E-state index in [9.17, 15) is 0 Å². The van der Waals surface area contributed by atoms with Gasteiger partial charge >= 0.3 is 0 Å². The first-order chi connectivity index (χ1) is 4.88. The van der Waals surface area contributed by atoms with Gasteiger partial charge in [-0.15, -0.1) is 0 Å². The summed E-state index contributed by atoms with van der Waals surface area (Å²) in [6.45, 7) is 0.